The van der Waals surface area contributed by atoms with Crippen molar-refractivity contribution in [1.82, 2.24) is 4.90 Å². The SMILES string of the molecule is CCOC(=O)CN1CCN(c2cccccc2=O)CC1. The van der Waals surface area contributed by atoms with Gasteiger partial charge < -0.3 is 9.64 Å². The molecule has 1 fully saturated rings. The number of carbonyl (C=O) groups excluding carboxylic acids is 1. The molecule has 5 nitrogen and oxygen atoms in total. The number of nitrogens with zero attached hydrogens (tertiary/aromatic N) is 2. The highest BCUT2D eigenvalue weighted by molar-refractivity contribution is 5.71. The Morgan fingerprint density at radius 1 is 1.15 bits per heavy atom. The second-order valence-electron chi connectivity index (χ2n) is 4.73. The molecule has 0 unspecified atom stereocenters. The van der Waals surface area contributed by atoms with E-state index < -0.39 is 0 Å². The minimum Gasteiger partial charge on any atom is -0.465 e. The summed E-state index contributed by atoms with van der Waals surface area (Å²) in [6.07, 6.45) is 0. The van der Waals surface area contributed by atoms with E-state index in [0.29, 0.717) is 13.2 Å². The maximum Gasteiger partial charge on any atom is 0.320 e. The first-order valence-corrected chi connectivity index (χ1v) is 6.93. The van der Waals surface area contributed by atoms with Gasteiger partial charge in [-0.2, -0.15) is 0 Å². The third-order valence-electron chi connectivity index (χ3n) is 3.35. The molecule has 1 aromatic carbocycles. The Kier molecular flexibility index (Phi) is 5.12. The number of hydrogen-bond donors (Lipinski definition) is 0. The van der Waals surface area contributed by atoms with Crippen molar-refractivity contribution >= 4 is 11.7 Å². The van der Waals surface area contributed by atoms with Crippen molar-refractivity contribution in [1.29, 1.82) is 0 Å². The van der Waals surface area contributed by atoms with Crippen LogP contribution in [0.4, 0.5) is 5.69 Å². The average molecular weight is 276 g/mol. The van der Waals surface area contributed by atoms with Crippen LogP contribution in [0.15, 0.2) is 35.1 Å². The van der Waals surface area contributed by atoms with E-state index in [-0.39, 0.29) is 11.4 Å². The standard InChI is InChI=1S/C15H20N2O3/c1-2-20-15(19)12-16-8-10-17(11-9-16)13-6-4-3-5-7-14(13)18/h3-7H,2,8-12H2,1H3. The normalized spacial score (nSPS) is 15.9. The molecule has 0 aliphatic carbocycles. The third-order valence-corrected chi connectivity index (χ3v) is 3.35. The number of hydrogen-bond acceptors (Lipinski definition) is 5. The van der Waals surface area contributed by atoms with Gasteiger partial charge in [-0.3, -0.25) is 14.5 Å². The van der Waals surface area contributed by atoms with Gasteiger partial charge in [-0.05, 0) is 19.1 Å². The van der Waals surface area contributed by atoms with Gasteiger partial charge in [-0.25, -0.2) is 0 Å². The van der Waals surface area contributed by atoms with E-state index in [1.807, 2.05) is 18.2 Å². The van der Waals surface area contributed by atoms with Crippen molar-refractivity contribution in [3.63, 3.8) is 0 Å². The quantitative estimate of drug-likeness (QED) is 0.759. The van der Waals surface area contributed by atoms with E-state index >= 15 is 0 Å². The van der Waals surface area contributed by atoms with Gasteiger partial charge in [0.15, 0.2) is 0 Å². The van der Waals surface area contributed by atoms with Crippen LogP contribution in [0.1, 0.15) is 6.92 Å². The predicted octanol–water partition coefficient (Wildman–Crippen LogP) is 0.732. The summed E-state index contributed by atoms with van der Waals surface area (Å²) < 4.78 is 4.94. The first kappa shape index (κ1) is 14.5. The van der Waals surface area contributed by atoms with Crippen molar-refractivity contribution in [3.8, 4) is 0 Å². The highest BCUT2D eigenvalue weighted by Gasteiger charge is 2.20. The number of esters is 1. The lowest BCUT2D eigenvalue weighted by molar-refractivity contribution is -0.144. The van der Waals surface area contributed by atoms with Crippen LogP contribution in [-0.4, -0.2) is 50.2 Å². The average Bonchev–Trinajstić information content (AvgIpc) is 2.65. The molecule has 0 saturated carbocycles. The zero-order valence-electron chi connectivity index (χ0n) is 11.7. The molecule has 1 saturated heterocycles. The van der Waals surface area contributed by atoms with Crippen molar-refractivity contribution in [3.05, 3.63) is 40.6 Å². The fraction of sp³-hybridized carbons (Fsp3) is 0.467. The molecule has 0 N–H and O–H groups in total. The topological polar surface area (TPSA) is 49.9 Å². The van der Waals surface area contributed by atoms with Crippen LogP contribution in [0.5, 0.6) is 0 Å². The van der Waals surface area contributed by atoms with Crippen LogP contribution in [0.2, 0.25) is 0 Å². The molecule has 20 heavy (non-hydrogen) atoms. The Morgan fingerprint density at radius 2 is 1.85 bits per heavy atom. The van der Waals surface area contributed by atoms with Crippen molar-refractivity contribution < 1.29 is 9.53 Å². The number of carbonyl (C=O) groups is 1. The number of piperazine rings is 1. The van der Waals surface area contributed by atoms with Crippen molar-refractivity contribution in [2.24, 2.45) is 0 Å². The first-order valence-electron chi connectivity index (χ1n) is 6.93. The van der Waals surface area contributed by atoms with Gasteiger partial charge in [-0.15, -0.1) is 0 Å². The molecule has 0 amide bonds. The molecule has 108 valence electrons. The highest BCUT2D eigenvalue weighted by Crippen LogP contribution is 2.10. The zero-order valence-corrected chi connectivity index (χ0v) is 11.7. The lowest BCUT2D eigenvalue weighted by Gasteiger charge is -2.34. The van der Waals surface area contributed by atoms with Gasteiger partial charge in [0.2, 0.25) is 5.43 Å². The monoisotopic (exact) mass is 276 g/mol. The second-order valence-corrected chi connectivity index (χ2v) is 4.73. The highest BCUT2D eigenvalue weighted by atomic mass is 16.5. The lowest BCUT2D eigenvalue weighted by atomic mass is 10.2. The Balaban J connectivity index is 1.93. The van der Waals surface area contributed by atoms with E-state index in [2.05, 4.69) is 9.80 Å². The predicted molar refractivity (Wildman–Crippen MR) is 78.0 cm³/mol. The molecule has 1 heterocycles. The number of rotatable bonds is 4. The summed E-state index contributed by atoms with van der Waals surface area (Å²) in [6, 6.07) is 8.91. The maximum absolute atomic E-state index is 11.9. The Bertz CT molecular complexity index is 510. The summed E-state index contributed by atoms with van der Waals surface area (Å²) in [5.41, 5.74) is 0.764. The van der Waals surface area contributed by atoms with Crippen LogP contribution in [0.3, 0.4) is 0 Å². The molecule has 0 aromatic heterocycles. The van der Waals surface area contributed by atoms with Gasteiger partial charge in [0.1, 0.15) is 0 Å². The molecule has 2 rings (SSSR count). The van der Waals surface area contributed by atoms with Gasteiger partial charge >= 0.3 is 5.97 Å². The fourth-order valence-corrected chi connectivity index (χ4v) is 2.32. The Morgan fingerprint density at radius 3 is 2.55 bits per heavy atom. The zero-order chi connectivity index (χ0) is 14.4. The first-order chi connectivity index (χ1) is 9.70. The summed E-state index contributed by atoms with van der Waals surface area (Å²) in [6.45, 7) is 5.57. The molecule has 0 spiro atoms. The molecule has 1 aliphatic rings. The Hall–Kier alpha value is -1.88. The summed E-state index contributed by atoms with van der Waals surface area (Å²) in [5.74, 6) is -0.184. The molecule has 1 aliphatic heterocycles. The van der Waals surface area contributed by atoms with E-state index in [0.717, 1.165) is 31.9 Å². The maximum atomic E-state index is 11.9. The molecule has 1 aromatic rings. The number of ether oxygens (including phenoxy) is 1. The van der Waals surface area contributed by atoms with Crippen LogP contribution >= 0.6 is 0 Å². The Labute approximate surface area is 118 Å². The van der Waals surface area contributed by atoms with Crippen molar-refractivity contribution in [2.75, 3.05) is 44.2 Å². The van der Waals surface area contributed by atoms with Gasteiger partial charge in [0.05, 0.1) is 18.8 Å². The summed E-state index contributed by atoms with van der Waals surface area (Å²) >= 11 is 0. The van der Waals surface area contributed by atoms with E-state index in [4.69, 9.17) is 4.74 Å². The van der Waals surface area contributed by atoms with E-state index in [1.54, 1.807) is 19.1 Å². The molecule has 0 bridgehead atoms. The molecular formula is C15H20N2O3. The van der Waals surface area contributed by atoms with Crippen LogP contribution < -0.4 is 10.3 Å². The van der Waals surface area contributed by atoms with E-state index in [9.17, 15) is 9.59 Å². The van der Waals surface area contributed by atoms with Gasteiger partial charge in [-0.1, -0.05) is 18.2 Å². The third kappa shape index (κ3) is 3.81. The summed E-state index contributed by atoms with van der Waals surface area (Å²) in [7, 11) is 0. The van der Waals surface area contributed by atoms with Crippen LogP contribution in [0, 0.1) is 0 Å². The van der Waals surface area contributed by atoms with Crippen molar-refractivity contribution in [2.45, 2.75) is 6.92 Å². The lowest BCUT2D eigenvalue weighted by Crippen LogP contribution is -2.49. The van der Waals surface area contributed by atoms with Gasteiger partial charge in [0, 0.05) is 26.2 Å². The minimum absolute atomic E-state index is 0.0360. The van der Waals surface area contributed by atoms with Crippen LogP contribution in [-0.2, 0) is 9.53 Å². The minimum atomic E-state index is -0.184. The summed E-state index contributed by atoms with van der Waals surface area (Å²) in [5, 5.41) is 0. The van der Waals surface area contributed by atoms with Crippen LogP contribution in [0.25, 0.3) is 0 Å². The number of anilines is 1. The smallest absolute Gasteiger partial charge is 0.320 e. The van der Waals surface area contributed by atoms with E-state index in [1.165, 1.54) is 0 Å². The molecule has 0 radical (unpaired) electrons. The fourth-order valence-electron chi connectivity index (χ4n) is 2.32. The molecule has 0 atom stereocenters. The largest absolute Gasteiger partial charge is 0.465 e. The molecular weight excluding hydrogens is 256 g/mol. The summed E-state index contributed by atoms with van der Waals surface area (Å²) in [4.78, 5) is 27.5. The molecule has 5 heteroatoms. The van der Waals surface area contributed by atoms with Gasteiger partial charge in [0.25, 0.3) is 0 Å². The second kappa shape index (κ2) is 7.05.